The molecule has 0 radical (unpaired) electrons. The van der Waals surface area contributed by atoms with Crippen LogP contribution in [-0.4, -0.2) is 29.3 Å². The van der Waals surface area contributed by atoms with Gasteiger partial charge in [-0.2, -0.15) is 0 Å². The Morgan fingerprint density at radius 3 is 2.50 bits per heavy atom. The molecule has 3 N–H and O–H groups in total. The maximum atomic E-state index is 13.0. The third-order valence-electron chi connectivity index (χ3n) is 4.11. The third-order valence-corrected chi connectivity index (χ3v) is 5.16. The molecule has 0 saturated heterocycles. The Morgan fingerprint density at radius 2 is 1.77 bits per heavy atom. The number of hydrogen-bond acceptors (Lipinski definition) is 5. The number of rotatable bonds is 8. The highest BCUT2D eigenvalue weighted by atomic mass is 32.1. The lowest BCUT2D eigenvalue weighted by atomic mass is 10.0. The van der Waals surface area contributed by atoms with E-state index in [0.717, 1.165) is 23.1 Å². The summed E-state index contributed by atoms with van der Waals surface area (Å²) in [4.78, 5) is 29.9. The van der Waals surface area contributed by atoms with Crippen LogP contribution in [0.15, 0.2) is 54.6 Å². The Hall–Kier alpha value is -2.57. The van der Waals surface area contributed by atoms with Crippen LogP contribution in [-0.2, 0) is 0 Å². The number of ketones is 1. The normalized spacial score (nSPS) is 12.0. The Labute approximate surface area is 156 Å². The first kappa shape index (κ1) is 18.2. The molecule has 5 nitrogen and oxygen atoms in total. The standard InChI is InChI=1S/C20H21N3O2S/c21-13-7-6-11-16(22-19(25)14-8-2-1-3-9-14)18(24)20-23-15-10-4-5-12-17(15)26-20/h1-5,8-10,12,16H,6-7,11,13,21H2,(H,22,25)/t16-/m0/s1. The van der Waals surface area contributed by atoms with E-state index in [9.17, 15) is 9.59 Å². The van der Waals surface area contributed by atoms with Crippen LogP contribution in [0.25, 0.3) is 10.2 Å². The van der Waals surface area contributed by atoms with Crippen molar-refractivity contribution in [1.29, 1.82) is 0 Å². The smallest absolute Gasteiger partial charge is 0.251 e. The van der Waals surface area contributed by atoms with Gasteiger partial charge in [0.25, 0.3) is 5.91 Å². The molecular weight excluding hydrogens is 346 g/mol. The number of carbonyl (C=O) groups excluding carboxylic acids is 2. The van der Waals surface area contributed by atoms with Crippen LogP contribution < -0.4 is 11.1 Å². The summed E-state index contributed by atoms with van der Waals surface area (Å²) in [5.41, 5.74) is 6.90. The van der Waals surface area contributed by atoms with E-state index in [1.165, 1.54) is 11.3 Å². The molecule has 2 aromatic carbocycles. The van der Waals surface area contributed by atoms with E-state index < -0.39 is 6.04 Å². The average Bonchev–Trinajstić information content (AvgIpc) is 3.11. The number of Topliss-reactive ketones (excluding diaryl/α,β-unsaturated/α-hetero) is 1. The lowest BCUT2D eigenvalue weighted by Crippen LogP contribution is -2.41. The first-order valence-corrected chi connectivity index (χ1v) is 9.46. The monoisotopic (exact) mass is 367 g/mol. The van der Waals surface area contributed by atoms with Crippen LogP contribution in [0, 0.1) is 0 Å². The lowest BCUT2D eigenvalue weighted by molar-refractivity contribution is 0.0851. The minimum absolute atomic E-state index is 0.146. The minimum atomic E-state index is -0.602. The molecule has 0 aliphatic rings. The van der Waals surface area contributed by atoms with Crippen molar-refractivity contribution in [2.24, 2.45) is 5.73 Å². The van der Waals surface area contributed by atoms with E-state index >= 15 is 0 Å². The summed E-state index contributed by atoms with van der Waals surface area (Å²) in [7, 11) is 0. The number of benzene rings is 2. The van der Waals surface area contributed by atoms with Crippen molar-refractivity contribution in [2.75, 3.05) is 6.54 Å². The molecule has 1 atom stereocenters. The van der Waals surface area contributed by atoms with E-state index in [2.05, 4.69) is 10.3 Å². The van der Waals surface area contributed by atoms with E-state index in [1.807, 2.05) is 30.3 Å². The highest BCUT2D eigenvalue weighted by Gasteiger charge is 2.25. The van der Waals surface area contributed by atoms with Crippen molar-refractivity contribution in [3.63, 3.8) is 0 Å². The molecular formula is C20H21N3O2S. The molecule has 0 bridgehead atoms. The second-order valence-electron chi connectivity index (χ2n) is 6.03. The maximum Gasteiger partial charge on any atom is 0.251 e. The maximum absolute atomic E-state index is 13.0. The molecule has 134 valence electrons. The molecule has 3 rings (SSSR count). The molecule has 26 heavy (non-hydrogen) atoms. The molecule has 1 heterocycles. The van der Waals surface area contributed by atoms with E-state index in [0.29, 0.717) is 23.5 Å². The molecule has 3 aromatic rings. The van der Waals surface area contributed by atoms with E-state index in [1.54, 1.807) is 24.3 Å². The van der Waals surface area contributed by atoms with Crippen LogP contribution in [0.5, 0.6) is 0 Å². The van der Waals surface area contributed by atoms with Crippen molar-refractivity contribution >= 4 is 33.2 Å². The largest absolute Gasteiger partial charge is 0.342 e. The second-order valence-corrected chi connectivity index (χ2v) is 7.06. The van der Waals surface area contributed by atoms with Gasteiger partial charge in [-0.1, -0.05) is 30.3 Å². The number of carbonyl (C=O) groups is 2. The third kappa shape index (κ3) is 4.33. The number of thiazole rings is 1. The zero-order chi connectivity index (χ0) is 18.4. The highest BCUT2D eigenvalue weighted by molar-refractivity contribution is 7.20. The molecule has 0 aliphatic heterocycles. The van der Waals surface area contributed by atoms with Crippen molar-refractivity contribution in [3.8, 4) is 0 Å². The summed E-state index contributed by atoms with van der Waals surface area (Å²) >= 11 is 1.36. The fourth-order valence-electron chi connectivity index (χ4n) is 2.72. The Morgan fingerprint density at radius 1 is 1.04 bits per heavy atom. The van der Waals surface area contributed by atoms with Gasteiger partial charge in [-0.15, -0.1) is 11.3 Å². The van der Waals surface area contributed by atoms with Gasteiger partial charge in [-0.3, -0.25) is 9.59 Å². The minimum Gasteiger partial charge on any atom is -0.342 e. The number of hydrogen-bond donors (Lipinski definition) is 2. The van der Waals surface area contributed by atoms with Crippen LogP contribution in [0.1, 0.15) is 39.4 Å². The Balaban J connectivity index is 1.80. The molecule has 0 saturated carbocycles. The molecule has 0 fully saturated rings. The molecule has 1 aromatic heterocycles. The fraction of sp³-hybridized carbons (Fsp3) is 0.250. The van der Waals surface area contributed by atoms with Crippen molar-refractivity contribution in [1.82, 2.24) is 10.3 Å². The molecule has 0 spiro atoms. The summed E-state index contributed by atoms with van der Waals surface area (Å²) in [6, 6.07) is 15.9. The van der Waals surface area contributed by atoms with Gasteiger partial charge in [0.15, 0.2) is 5.01 Å². The van der Waals surface area contributed by atoms with Crippen LogP contribution >= 0.6 is 11.3 Å². The summed E-state index contributed by atoms with van der Waals surface area (Å²) in [5.74, 6) is -0.398. The SMILES string of the molecule is NCCCC[C@H](NC(=O)c1ccccc1)C(=O)c1nc2ccccc2s1. The van der Waals surface area contributed by atoms with E-state index in [-0.39, 0.29) is 11.7 Å². The Bertz CT molecular complexity index is 859. The van der Waals surface area contributed by atoms with Crippen molar-refractivity contribution < 1.29 is 9.59 Å². The van der Waals surface area contributed by atoms with Crippen LogP contribution in [0.4, 0.5) is 0 Å². The van der Waals surface area contributed by atoms with Gasteiger partial charge in [0, 0.05) is 5.56 Å². The number of aromatic nitrogens is 1. The number of nitrogens with one attached hydrogen (secondary N) is 1. The molecule has 1 amide bonds. The molecule has 0 unspecified atom stereocenters. The predicted molar refractivity (Wildman–Crippen MR) is 105 cm³/mol. The zero-order valence-electron chi connectivity index (χ0n) is 14.4. The van der Waals surface area contributed by atoms with Gasteiger partial charge in [0.05, 0.1) is 16.3 Å². The topological polar surface area (TPSA) is 85.1 Å². The fourth-order valence-corrected chi connectivity index (χ4v) is 3.68. The van der Waals surface area contributed by atoms with Gasteiger partial charge in [-0.05, 0) is 50.1 Å². The first-order valence-electron chi connectivity index (χ1n) is 8.65. The molecule has 0 aliphatic carbocycles. The average molecular weight is 367 g/mol. The zero-order valence-corrected chi connectivity index (χ0v) is 15.2. The van der Waals surface area contributed by atoms with Crippen molar-refractivity contribution in [3.05, 3.63) is 65.2 Å². The van der Waals surface area contributed by atoms with Gasteiger partial charge >= 0.3 is 0 Å². The number of nitrogens with zero attached hydrogens (tertiary/aromatic N) is 1. The molecule has 6 heteroatoms. The summed E-state index contributed by atoms with van der Waals surface area (Å²) in [6.07, 6.45) is 2.13. The summed E-state index contributed by atoms with van der Waals surface area (Å²) < 4.78 is 0.964. The van der Waals surface area contributed by atoms with Gasteiger partial charge in [-0.25, -0.2) is 4.98 Å². The number of fused-ring (bicyclic) bond motifs is 1. The van der Waals surface area contributed by atoms with Gasteiger partial charge < -0.3 is 11.1 Å². The van der Waals surface area contributed by atoms with Crippen molar-refractivity contribution in [2.45, 2.75) is 25.3 Å². The van der Waals surface area contributed by atoms with Crippen LogP contribution in [0.2, 0.25) is 0 Å². The summed E-state index contributed by atoms with van der Waals surface area (Å²) in [6.45, 7) is 0.564. The number of nitrogens with two attached hydrogens (primary N) is 1. The lowest BCUT2D eigenvalue weighted by Gasteiger charge is -2.16. The number of para-hydroxylation sites is 1. The van der Waals surface area contributed by atoms with Gasteiger partial charge in [0.2, 0.25) is 5.78 Å². The number of amides is 1. The van der Waals surface area contributed by atoms with E-state index in [4.69, 9.17) is 5.73 Å². The number of unbranched alkanes of at least 4 members (excludes halogenated alkanes) is 1. The Kier molecular flexibility index (Phi) is 6.09. The highest BCUT2D eigenvalue weighted by Crippen LogP contribution is 2.23. The van der Waals surface area contributed by atoms with Crippen LogP contribution in [0.3, 0.4) is 0 Å². The second kappa shape index (κ2) is 8.69. The first-order chi connectivity index (χ1) is 12.7. The summed E-state index contributed by atoms with van der Waals surface area (Å²) in [5, 5.41) is 3.30. The quantitative estimate of drug-likeness (QED) is 0.472. The van der Waals surface area contributed by atoms with Gasteiger partial charge in [0.1, 0.15) is 0 Å². The predicted octanol–water partition coefficient (Wildman–Crippen LogP) is 3.41.